The van der Waals surface area contributed by atoms with Gasteiger partial charge in [-0.3, -0.25) is 0 Å². The van der Waals surface area contributed by atoms with Crippen molar-refractivity contribution in [3.8, 4) is 0 Å². The van der Waals surface area contributed by atoms with Crippen molar-refractivity contribution < 1.29 is 56.8 Å². The minimum Gasteiger partial charge on any atom is -0.382 e. The van der Waals surface area contributed by atoms with Crippen LogP contribution in [0.4, 0.5) is 0 Å². The van der Waals surface area contributed by atoms with Crippen LogP contribution >= 0.6 is 0 Å². The van der Waals surface area contributed by atoms with E-state index in [0.717, 1.165) is 0 Å². The number of hydrogen-bond acceptors (Lipinski definition) is 12. The van der Waals surface area contributed by atoms with E-state index >= 15 is 0 Å². The summed E-state index contributed by atoms with van der Waals surface area (Å²) < 4.78 is 70.0. The summed E-state index contributed by atoms with van der Waals surface area (Å²) >= 11 is 0. The van der Waals surface area contributed by atoms with E-state index in [-0.39, 0.29) is 38.6 Å². The lowest BCUT2D eigenvalue weighted by atomic mass is 9.98. The lowest BCUT2D eigenvalue weighted by Crippen LogP contribution is -2.63. The van der Waals surface area contributed by atoms with Crippen LogP contribution in [0.15, 0.2) is 0 Å². The van der Waals surface area contributed by atoms with E-state index in [0.29, 0.717) is 13.2 Å². The summed E-state index contributed by atoms with van der Waals surface area (Å²) in [5.41, 5.74) is 0. The van der Waals surface area contributed by atoms with Gasteiger partial charge in [0.05, 0.1) is 39.6 Å². The SMILES string of the molecule is COC[C@H]1O[C@H]2OCCO[C@H]3[C@@H](OCCO[C@@H]2[C@@H](OC)[C@@H]1OC)O[C@H](COC)[C@@H](OC)[C@@H]3OC. The Kier molecular flexibility index (Phi) is 11.8. The summed E-state index contributed by atoms with van der Waals surface area (Å²) in [6.07, 6.45) is -4.91. The third-order valence-electron chi connectivity index (χ3n) is 6.28. The van der Waals surface area contributed by atoms with Crippen molar-refractivity contribution in [2.75, 3.05) is 82.3 Å². The zero-order valence-electron chi connectivity index (χ0n) is 20.9. The lowest BCUT2D eigenvalue weighted by molar-refractivity contribution is -0.340. The molecule has 3 heterocycles. The standard InChI is InChI=1S/C22H40O12/c1-23-11-13-15(25-3)17(27-5)19-21(33-13)31-9-7-30-20-18(28-6)16(26-4)14(12-24-2)34-22(20)32-10-8-29-19/h13-22H,7-12H2,1-6H3/t13-,14-,15-,16-,17+,18+,19-,20-,21-,22+/m1/s1. The van der Waals surface area contributed by atoms with Crippen molar-refractivity contribution in [1.82, 2.24) is 0 Å². The molecule has 0 aromatic rings. The minimum absolute atomic E-state index is 0.233. The monoisotopic (exact) mass is 496 g/mol. The Balaban J connectivity index is 1.73. The molecule has 0 amide bonds. The molecule has 200 valence electrons. The summed E-state index contributed by atoms with van der Waals surface area (Å²) in [4.78, 5) is 0. The molecule has 0 radical (unpaired) electrons. The maximum absolute atomic E-state index is 6.14. The number of hydrogen-bond donors (Lipinski definition) is 0. The normalized spacial score (nSPS) is 42.2. The van der Waals surface area contributed by atoms with Gasteiger partial charge in [-0.25, -0.2) is 0 Å². The minimum atomic E-state index is -0.700. The third kappa shape index (κ3) is 6.44. The molecule has 12 nitrogen and oxygen atoms in total. The van der Waals surface area contributed by atoms with E-state index in [1.54, 1.807) is 42.7 Å². The highest BCUT2D eigenvalue weighted by Gasteiger charge is 2.50. The molecule has 3 saturated heterocycles. The van der Waals surface area contributed by atoms with Crippen LogP contribution in [0.1, 0.15) is 0 Å². The maximum Gasteiger partial charge on any atom is 0.187 e. The van der Waals surface area contributed by atoms with Crippen LogP contribution in [-0.4, -0.2) is 144 Å². The molecule has 0 bridgehead atoms. The average Bonchev–Trinajstić information content (AvgIpc) is 2.84. The number of rotatable bonds is 8. The first kappa shape index (κ1) is 28.1. The smallest absolute Gasteiger partial charge is 0.187 e. The van der Waals surface area contributed by atoms with E-state index in [2.05, 4.69) is 0 Å². The molecule has 0 aliphatic carbocycles. The summed E-state index contributed by atoms with van der Waals surface area (Å²) in [5, 5.41) is 0. The van der Waals surface area contributed by atoms with Crippen molar-refractivity contribution in [3.63, 3.8) is 0 Å². The Hall–Kier alpha value is -0.480. The third-order valence-corrected chi connectivity index (χ3v) is 6.28. The first-order valence-electron chi connectivity index (χ1n) is 11.5. The Labute approximate surface area is 201 Å². The van der Waals surface area contributed by atoms with E-state index in [1.165, 1.54) is 0 Å². The first-order chi connectivity index (χ1) is 16.6. The van der Waals surface area contributed by atoms with Crippen LogP contribution in [0.5, 0.6) is 0 Å². The van der Waals surface area contributed by atoms with E-state index in [1.807, 2.05) is 0 Å². The molecular formula is C22H40O12. The second-order valence-corrected chi connectivity index (χ2v) is 8.21. The average molecular weight is 497 g/mol. The highest BCUT2D eigenvalue weighted by Crippen LogP contribution is 2.31. The maximum atomic E-state index is 6.14. The number of fused-ring (bicyclic) bond motifs is 2. The molecule has 0 spiro atoms. The molecule has 34 heavy (non-hydrogen) atoms. The molecule has 0 aromatic heterocycles. The fourth-order valence-corrected chi connectivity index (χ4v) is 4.78. The highest BCUT2D eigenvalue weighted by molar-refractivity contribution is 4.94. The quantitative estimate of drug-likeness (QED) is 0.436. The van der Waals surface area contributed by atoms with Crippen molar-refractivity contribution in [1.29, 1.82) is 0 Å². The Morgan fingerprint density at radius 1 is 0.500 bits per heavy atom. The van der Waals surface area contributed by atoms with Gasteiger partial charge >= 0.3 is 0 Å². The summed E-state index contributed by atoms with van der Waals surface area (Å²) in [6, 6.07) is 0. The predicted molar refractivity (Wildman–Crippen MR) is 116 cm³/mol. The van der Waals surface area contributed by atoms with Gasteiger partial charge in [0.15, 0.2) is 12.6 Å². The fourth-order valence-electron chi connectivity index (χ4n) is 4.78. The van der Waals surface area contributed by atoms with Crippen LogP contribution < -0.4 is 0 Å². The van der Waals surface area contributed by atoms with Gasteiger partial charge in [-0.1, -0.05) is 0 Å². The second-order valence-electron chi connectivity index (χ2n) is 8.21. The molecule has 12 heteroatoms. The molecule has 10 atom stereocenters. The van der Waals surface area contributed by atoms with Gasteiger partial charge < -0.3 is 56.8 Å². The first-order valence-corrected chi connectivity index (χ1v) is 11.5. The van der Waals surface area contributed by atoms with Crippen molar-refractivity contribution in [2.45, 2.75) is 61.4 Å². The summed E-state index contributed by atoms with van der Waals surface area (Å²) in [7, 11) is 9.63. The molecule has 0 aromatic carbocycles. The largest absolute Gasteiger partial charge is 0.382 e. The Bertz CT molecular complexity index is 520. The van der Waals surface area contributed by atoms with Crippen LogP contribution in [0, 0.1) is 0 Å². The predicted octanol–water partition coefficient (Wildman–Crippen LogP) is -0.394. The van der Waals surface area contributed by atoms with Crippen LogP contribution in [0.3, 0.4) is 0 Å². The second kappa shape index (κ2) is 14.3. The molecule has 0 unspecified atom stereocenters. The fraction of sp³-hybridized carbons (Fsp3) is 1.00. The van der Waals surface area contributed by atoms with Gasteiger partial charge in [-0.05, 0) is 0 Å². The Morgan fingerprint density at radius 2 is 0.853 bits per heavy atom. The molecule has 3 rings (SSSR count). The highest BCUT2D eigenvalue weighted by atomic mass is 16.7. The molecule has 3 fully saturated rings. The molecule has 0 saturated carbocycles. The molecular weight excluding hydrogens is 456 g/mol. The van der Waals surface area contributed by atoms with E-state index in [9.17, 15) is 0 Å². The van der Waals surface area contributed by atoms with Gasteiger partial charge in [0.25, 0.3) is 0 Å². The van der Waals surface area contributed by atoms with E-state index in [4.69, 9.17) is 56.8 Å². The van der Waals surface area contributed by atoms with Crippen LogP contribution in [0.2, 0.25) is 0 Å². The van der Waals surface area contributed by atoms with Gasteiger partial charge in [0, 0.05) is 42.7 Å². The number of ether oxygens (including phenoxy) is 12. The number of methoxy groups -OCH3 is 6. The summed E-state index contributed by atoms with van der Waals surface area (Å²) in [6.45, 7) is 1.59. The molecule has 3 aliphatic rings. The summed E-state index contributed by atoms with van der Waals surface area (Å²) in [5.74, 6) is 0. The van der Waals surface area contributed by atoms with Gasteiger partial charge in [-0.15, -0.1) is 0 Å². The van der Waals surface area contributed by atoms with Crippen molar-refractivity contribution in [2.24, 2.45) is 0 Å². The molecule has 0 N–H and O–H groups in total. The van der Waals surface area contributed by atoms with Crippen LogP contribution in [0.25, 0.3) is 0 Å². The van der Waals surface area contributed by atoms with Crippen molar-refractivity contribution in [3.05, 3.63) is 0 Å². The molecule has 3 aliphatic heterocycles. The topological polar surface area (TPSA) is 111 Å². The Morgan fingerprint density at radius 3 is 1.18 bits per heavy atom. The van der Waals surface area contributed by atoms with Gasteiger partial charge in [0.1, 0.15) is 48.8 Å². The zero-order chi connectivity index (χ0) is 24.5. The van der Waals surface area contributed by atoms with Crippen LogP contribution in [-0.2, 0) is 56.8 Å². The van der Waals surface area contributed by atoms with Crippen molar-refractivity contribution >= 4 is 0 Å². The van der Waals surface area contributed by atoms with Gasteiger partial charge in [-0.2, -0.15) is 0 Å². The van der Waals surface area contributed by atoms with Gasteiger partial charge in [0.2, 0.25) is 0 Å². The lowest BCUT2D eigenvalue weighted by Gasteiger charge is -2.46. The van der Waals surface area contributed by atoms with E-state index < -0.39 is 49.2 Å². The zero-order valence-corrected chi connectivity index (χ0v) is 20.9.